The molecule has 3 aliphatic heterocycles. The Morgan fingerprint density at radius 2 is 2.03 bits per heavy atom. The molecule has 1 amide bonds. The first-order valence-corrected chi connectivity index (χ1v) is 13.0. The van der Waals surface area contributed by atoms with Gasteiger partial charge in [-0.15, -0.1) is 0 Å². The summed E-state index contributed by atoms with van der Waals surface area (Å²) >= 11 is 3.49. The molecule has 2 bridgehead atoms. The molecule has 0 spiro atoms. The number of nitrogens with zero attached hydrogens (tertiary/aromatic N) is 5. The number of fused-ring (bicyclic) bond motifs is 3. The van der Waals surface area contributed by atoms with Gasteiger partial charge in [0, 0.05) is 16.1 Å². The Hall–Kier alpha value is -2.84. The normalized spacial score (nSPS) is 30.8. The third-order valence-electron chi connectivity index (χ3n) is 7.53. The lowest BCUT2D eigenvalue weighted by Crippen LogP contribution is -2.40. The molecule has 1 aromatic carbocycles. The van der Waals surface area contributed by atoms with Gasteiger partial charge in [0.15, 0.2) is 23.2 Å². The lowest BCUT2D eigenvalue weighted by Gasteiger charge is -2.25. The molecule has 0 radical (unpaired) electrons. The number of rotatable bonds is 6. The number of carbonyl (C=O) groups is 1. The summed E-state index contributed by atoms with van der Waals surface area (Å²) in [5.74, 6) is 0.509. The first-order valence-electron chi connectivity index (χ1n) is 12.2. The molecule has 0 aliphatic carbocycles. The van der Waals surface area contributed by atoms with Crippen LogP contribution in [0.3, 0.4) is 0 Å². The van der Waals surface area contributed by atoms with Gasteiger partial charge in [0.05, 0.1) is 25.0 Å². The van der Waals surface area contributed by atoms with E-state index in [0.29, 0.717) is 17.0 Å². The van der Waals surface area contributed by atoms with Crippen LogP contribution in [0.5, 0.6) is 0 Å². The zero-order valence-electron chi connectivity index (χ0n) is 19.7. The van der Waals surface area contributed by atoms with Gasteiger partial charge in [-0.3, -0.25) is 4.57 Å². The Kier molecular flexibility index (Phi) is 6.49. The van der Waals surface area contributed by atoms with Gasteiger partial charge in [-0.25, -0.2) is 19.7 Å². The molecule has 3 fully saturated rings. The van der Waals surface area contributed by atoms with Crippen molar-refractivity contribution in [2.45, 2.75) is 68.5 Å². The molecule has 12 nitrogen and oxygen atoms in total. The summed E-state index contributed by atoms with van der Waals surface area (Å²) < 4.78 is 13.7. The second kappa shape index (κ2) is 9.80. The molecule has 196 valence electrons. The van der Waals surface area contributed by atoms with E-state index in [4.69, 9.17) is 9.47 Å². The second-order valence-electron chi connectivity index (χ2n) is 9.61. The number of hydrogen-bond donors (Lipinski definition) is 4. The van der Waals surface area contributed by atoms with E-state index in [1.165, 1.54) is 17.2 Å². The van der Waals surface area contributed by atoms with E-state index >= 15 is 0 Å². The van der Waals surface area contributed by atoms with Crippen LogP contribution < -0.4 is 5.32 Å². The maximum atomic E-state index is 13.0. The monoisotopic (exact) mass is 574 g/mol. The third-order valence-corrected chi connectivity index (χ3v) is 8.30. The average Bonchev–Trinajstić information content (AvgIpc) is 3.66. The van der Waals surface area contributed by atoms with Crippen LogP contribution in [0, 0.1) is 0 Å². The van der Waals surface area contributed by atoms with Crippen LogP contribution in [-0.2, 0) is 16.1 Å². The molecular weight excluding hydrogens is 548 g/mol. The van der Waals surface area contributed by atoms with Gasteiger partial charge in [-0.2, -0.15) is 0 Å². The van der Waals surface area contributed by atoms with Crippen molar-refractivity contribution in [2.75, 3.05) is 11.9 Å². The van der Waals surface area contributed by atoms with Crippen molar-refractivity contribution in [3.8, 4) is 0 Å². The van der Waals surface area contributed by atoms with Crippen LogP contribution >= 0.6 is 15.9 Å². The van der Waals surface area contributed by atoms with Gasteiger partial charge >= 0.3 is 6.09 Å². The number of nitrogens with one attached hydrogen (secondary N) is 1. The van der Waals surface area contributed by atoms with Crippen molar-refractivity contribution in [1.82, 2.24) is 24.4 Å². The molecule has 6 rings (SSSR count). The summed E-state index contributed by atoms with van der Waals surface area (Å²) in [6.07, 6.45) is 0.751. The molecule has 0 saturated carbocycles. The second-order valence-corrected chi connectivity index (χ2v) is 10.5. The summed E-state index contributed by atoms with van der Waals surface area (Å²) in [5.41, 5.74) is 1.80. The van der Waals surface area contributed by atoms with E-state index in [2.05, 4.69) is 36.2 Å². The molecule has 3 unspecified atom stereocenters. The molecule has 7 atom stereocenters. The smallest absolute Gasteiger partial charge is 0.410 e. The lowest BCUT2D eigenvalue weighted by molar-refractivity contribution is -0.0511. The Morgan fingerprint density at radius 3 is 2.81 bits per heavy atom. The minimum Gasteiger partial charge on any atom is -0.444 e. The minimum absolute atomic E-state index is 0.0353. The quantitative estimate of drug-likeness (QED) is 0.340. The molecule has 13 heteroatoms. The summed E-state index contributed by atoms with van der Waals surface area (Å²) in [4.78, 5) is 28.0. The highest BCUT2D eigenvalue weighted by atomic mass is 79.9. The Bertz CT molecular complexity index is 1310. The predicted octanol–water partition coefficient (Wildman–Crippen LogP) is 1.55. The number of hydrogen-bond acceptors (Lipinski definition) is 10. The Balaban J connectivity index is 1.17. The number of ether oxygens (including phenoxy) is 2. The highest BCUT2D eigenvalue weighted by molar-refractivity contribution is 9.10. The first kappa shape index (κ1) is 24.5. The van der Waals surface area contributed by atoms with Gasteiger partial charge in [0.1, 0.15) is 31.2 Å². The molecule has 3 aromatic rings. The number of benzene rings is 1. The maximum Gasteiger partial charge on any atom is 0.410 e. The Labute approximate surface area is 220 Å². The number of imidazole rings is 1. The third kappa shape index (κ3) is 4.24. The van der Waals surface area contributed by atoms with Gasteiger partial charge in [-0.1, -0.05) is 34.1 Å². The Morgan fingerprint density at radius 1 is 1.19 bits per heavy atom. The predicted molar refractivity (Wildman–Crippen MR) is 133 cm³/mol. The fraction of sp³-hybridized carbons (Fsp3) is 0.500. The van der Waals surface area contributed by atoms with Crippen molar-refractivity contribution in [3.05, 3.63) is 47.0 Å². The number of aliphatic hydroxyl groups is 3. The van der Waals surface area contributed by atoms with E-state index in [1.807, 2.05) is 29.2 Å². The fourth-order valence-electron chi connectivity index (χ4n) is 5.69. The number of aliphatic hydroxyl groups excluding tert-OH is 3. The minimum atomic E-state index is -1.25. The molecule has 3 aliphatic rings. The summed E-state index contributed by atoms with van der Waals surface area (Å²) in [7, 11) is 0. The zero-order valence-corrected chi connectivity index (χ0v) is 21.3. The van der Waals surface area contributed by atoms with Crippen molar-refractivity contribution in [2.24, 2.45) is 0 Å². The van der Waals surface area contributed by atoms with Gasteiger partial charge in [-0.05, 0) is 25.3 Å². The summed E-state index contributed by atoms with van der Waals surface area (Å²) in [6, 6.07) is 7.67. The van der Waals surface area contributed by atoms with Gasteiger partial charge in [0.2, 0.25) is 0 Å². The molecular formula is C24H27BrN6O6. The van der Waals surface area contributed by atoms with Crippen molar-refractivity contribution in [1.29, 1.82) is 0 Å². The van der Waals surface area contributed by atoms with E-state index in [9.17, 15) is 20.1 Å². The molecule has 3 saturated heterocycles. The zero-order chi connectivity index (χ0) is 25.7. The molecule has 37 heavy (non-hydrogen) atoms. The van der Waals surface area contributed by atoms with Crippen LogP contribution in [0.25, 0.3) is 11.2 Å². The largest absolute Gasteiger partial charge is 0.444 e. The van der Waals surface area contributed by atoms with Crippen molar-refractivity contribution >= 4 is 39.0 Å². The van der Waals surface area contributed by atoms with Crippen molar-refractivity contribution in [3.63, 3.8) is 0 Å². The number of halogens is 1. The van der Waals surface area contributed by atoms with E-state index in [-0.39, 0.29) is 30.8 Å². The first-order chi connectivity index (χ1) is 18.0. The van der Waals surface area contributed by atoms with Crippen LogP contribution in [0.2, 0.25) is 0 Å². The van der Waals surface area contributed by atoms with Crippen LogP contribution in [0.15, 0.2) is 41.4 Å². The highest BCUT2D eigenvalue weighted by Gasteiger charge is 2.50. The number of anilines is 1. The standard InChI is InChI=1S/C24H27BrN6O6/c25-14-4-2-1-3-12(14)9-36-24(35)31-13-5-6-16(31)15(7-13)29-21-18-22(27-10-26-21)30(11-28-18)23-20(34)19(33)17(8-32)37-23/h1-4,10-11,13,15-17,19-20,23,32-34H,5-9H2,(H,26,27,29)/t13?,15?,16?,17-,19-,20-,23-/m1/s1. The summed E-state index contributed by atoms with van der Waals surface area (Å²) in [5, 5.41) is 33.4. The van der Waals surface area contributed by atoms with Crippen molar-refractivity contribution < 1.29 is 29.6 Å². The van der Waals surface area contributed by atoms with Gasteiger partial charge < -0.3 is 35.0 Å². The van der Waals surface area contributed by atoms with Gasteiger partial charge in [0.25, 0.3) is 0 Å². The van der Waals surface area contributed by atoms with Crippen LogP contribution in [0.4, 0.5) is 10.6 Å². The van der Waals surface area contributed by atoms with E-state index in [0.717, 1.165) is 29.3 Å². The summed E-state index contributed by atoms with van der Waals surface area (Å²) in [6.45, 7) is -0.228. The average molecular weight is 575 g/mol. The molecule has 4 N–H and O–H groups in total. The van der Waals surface area contributed by atoms with Crippen LogP contribution in [-0.4, -0.2) is 88.9 Å². The molecule has 2 aromatic heterocycles. The number of amides is 1. The topological polar surface area (TPSA) is 155 Å². The lowest BCUT2D eigenvalue weighted by atomic mass is 9.95. The molecule has 5 heterocycles. The van der Waals surface area contributed by atoms with Crippen LogP contribution in [0.1, 0.15) is 31.1 Å². The van der Waals surface area contributed by atoms with E-state index in [1.54, 1.807) is 0 Å². The fourth-order valence-corrected chi connectivity index (χ4v) is 6.09. The SMILES string of the molecule is O=C(OCc1ccccc1Br)N1C2CCC1C(Nc1ncnc3c1ncn3[C@@H]1O[C@H](CO)[C@@H](O)[C@H]1O)C2. The van der Waals surface area contributed by atoms with E-state index < -0.39 is 31.1 Å². The number of carbonyl (C=O) groups excluding carboxylic acids is 1. The highest BCUT2D eigenvalue weighted by Crippen LogP contribution is 2.40. The maximum absolute atomic E-state index is 13.0. The number of aromatic nitrogens is 4.